The van der Waals surface area contributed by atoms with Crippen LogP contribution in [0.3, 0.4) is 0 Å². The summed E-state index contributed by atoms with van der Waals surface area (Å²) in [6.07, 6.45) is 0. The first-order valence-corrected chi connectivity index (χ1v) is 4.66. The number of hydrogen-bond donors (Lipinski definition) is 1. The molecule has 1 rings (SSSR count). The Morgan fingerprint density at radius 2 is 2.00 bits per heavy atom. The molecule has 0 aliphatic heterocycles. The van der Waals surface area contributed by atoms with Gasteiger partial charge in [-0.2, -0.15) is 0 Å². The van der Waals surface area contributed by atoms with Crippen LogP contribution in [0.2, 0.25) is 0 Å². The fourth-order valence-electron chi connectivity index (χ4n) is 0.938. The molecule has 0 amide bonds. The summed E-state index contributed by atoms with van der Waals surface area (Å²) in [6, 6.07) is 10.3. The maximum atomic E-state index is 3.74. The third-order valence-corrected chi connectivity index (χ3v) is 1.77. The second-order valence-electron chi connectivity index (χ2n) is 2.61. The van der Waals surface area contributed by atoms with Crippen LogP contribution in [0.5, 0.6) is 0 Å². The normalized spacial score (nSPS) is 9.75. The molecule has 0 radical (unpaired) electrons. The van der Waals surface area contributed by atoms with Crippen LogP contribution >= 0.6 is 15.9 Å². The summed E-state index contributed by atoms with van der Waals surface area (Å²) in [6.45, 7) is 5.45. The molecule has 0 heterocycles. The molecule has 0 unspecified atom stereocenters. The second-order valence-corrected chi connectivity index (χ2v) is 3.73. The van der Waals surface area contributed by atoms with Gasteiger partial charge in [0, 0.05) is 17.6 Å². The van der Waals surface area contributed by atoms with Crippen LogP contribution in [-0.4, -0.2) is 6.54 Å². The van der Waals surface area contributed by atoms with E-state index in [1.807, 2.05) is 18.2 Å². The first-order valence-electron chi connectivity index (χ1n) is 3.87. The lowest BCUT2D eigenvalue weighted by Gasteiger charge is -2.02. The average molecular weight is 226 g/mol. The molecule has 0 aliphatic rings. The van der Waals surface area contributed by atoms with Crippen LogP contribution in [0.4, 0.5) is 0 Å². The summed E-state index contributed by atoms with van der Waals surface area (Å²) >= 11 is 3.29. The highest BCUT2D eigenvalue weighted by molar-refractivity contribution is 9.11. The third-order valence-electron chi connectivity index (χ3n) is 1.49. The van der Waals surface area contributed by atoms with Crippen LogP contribution in [0, 0.1) is 0 Å². The van der Waals surface area contributed by atoms with Crippen molar-refractivity contribution in [3.63, 3.8) is 0 Å². The number of hydrogen-bond acceptors (Lipinski definition) is 1. The number of nitrogens with one attached hydrogen (secondary N) is 1. The Morgan fingerprint density at radius 3 is 2.58 bits per heavy atom. The van der Waals surface area contributed by atoms with Crippen molar-refractivity contribution in [1.82, 2.24) is 5.32 Å². The smallest absolute Gasteiger partial charge is 0.0268 e. The summed E-state index contributed by atoms with van der Waals surface area (Å²) in [7, 11) is 0. The molecule has 1 N–H and O–H groups in total. The monoisotopic (exact) mass is 225 g/mol. The van der Waals surface area contributed by atoms with Gasteiger partial charge in [-0.05, 0) is 5.56 Å². The van der Waals surface area contributed by atoms with Gasteiger partial charge in [0.1, 0.15) is 0 Å². The van der Waals surface area contributed by atoms with Crippen molar-refractivity contribution in [2.24, 2.45) is 0 Å². The van der Waals surface area contributed by atoms with Gasteiger partial charge in [-0.1, -0.05) is 52.8 Å². The van der Waals surface area contributed by atoms with Gasteiger partial charge in [-0.25, -0.2) is 0 Å². The SMILES string of the molecule is C=C(Br)CNCc1ccccc1. The molecule has 0 saturated carbocycles. The van der Waals surface area contributed by atoms with Crippen molar-refractivity contribution < 1.29 is 0 Å². The maximum Gasteiger partial charge on any atom is 0.0268 e. The van der Waals surface area contributed by atoms with Gasteiger partial charge in [0.15, 0.2) is 0 Å². The van der Waals surface area contributed by atoms with E-state index in [0.717, 1.165) is 17.6 Å². The first kappa shape index (κ1) is 9.49. The van der Waals surface area contributed by atoms with Crippen molar-refractivity contribution >= 4 is 15.9 Å². The molecule has 2 heteroatoms. The van der Waals surface area contributed by atoms with Gasteiger partial charge in [-0.3, -0.25) is 0 Å². The van der Waals surface area contributed by atoms with Crippen LogP contribution in [-0.2, 0) is 6.54 Å². The molecule has 64 valence electrons. The van der Waals surface area contributed by atoms with E-state index in [-0.39, 0.29) is 0 Å². The Hall–Kier alpha value is -0.600. The van der Waals surface area contributed by atoms with E-state index in [0.29, 0.717) is 0 Å². The fraction of sp³-hybridized carbons (Fsp3) is 0.200. The van der Waals surface area contributed by atoms with E-state index in [1.165, 1.54) is 5.56 Å². The van der Waals surface area contributed by atoms with Crippen LogP contribution < -0.4 is 5.32 Å². The van der Waals surface area contributed by atoms with Crippen LogP contribution in [0.25, 0.3) is 0 Å². The Labute approximate surface area is 81.6 Å². The van der Waals surface area contributed by atoms with Crippen molar-refractivity contribution in [3.8, 4) is 0 Å². The molecule has 0 spiro atoms. The minimum absolute atomic E-state index is 0.814. The third kappa shape index (κ3) is 3.69. The van der Waals surface area contributed by atoms with E-state index < -0.39 is 0 Å². The quantitative estimate of drug-likeness (QED) is 0.832. The first-order chi connectivity index (χ1) is 5.79. The predicted octanol–water partition coefficient (Wildman–Crippen LogP) is 2.68. The molecule has 0 bridgehead atoms. The van der Waals surface area contributed by atoms with Gasteiger partial charge in [0.25, 0.3) is 0 Å². The van der Waals surface area contributed by atoms with E-state index in [9.17, 15) is 0 Å². The van der Waals surface area contributed by atoms with Crippen molar-refractivity contribution in [2.75, 3.05) is 6.54 Å². The largest absolute Gasteiger partial charge is 0.308 e. The number of rotatable bonds is 4. The van der Waals surface area contributed by atoms with Crippen molar-refractivity contribution in [2.45, 2.75) is 6.54 Å². The minimum atomic E-state index is 0.814. The summed E-state index contributed by atoms with van der Waals surface area (Å²) in [5, 5.41) is 3.25. The second kappa shape index (κ2) is 5.12. The molecule has 1 aromatic carbocycles. The minimum Gasteiger partial charge on any atom is -0.308 e. The average Bonchev–Trinajstić information content (AvgIpc) is 2.05. The Morgan fingerprint density at radius 1 is 1.33 bits per heavy atom. The molecule has 0 aliphatic carbocycles. The Kier molecular flexibility index (Phi) is 4.05. The Balaban J connectivity index is 2.29. The molecule has 12 heavy (non-hydrogen) atoms. The van der Waals surface area contributed by atoms with Gasteiger partial charge >= 0.3 is 0 Å². The number of halogens is 1. The van der Waals surface area contributed by atoms with E-state index >= 15 is 0 Å². The lowest BCUT2D eigenvalue weighted by Crippen LogP contribution is -2.14. The topological polar surface area (TPSA) is 12.0 Å². The molecular formula is C10H12BrN. The van der Waals surface area contributed by atoms with Crippen LogP contribution in [0.15, 0.2) is 41.4 Å². The number of benzene rings is 1. The van der Waals surface area contributed by atoms with Gasteiger partial charge in [0.2, 0.25) is 0 Å². The van der Waals surface area contributed by atoms with E-state index in [1.54, 1.807) is 0 Å². The molecule has 0 aromatic heterocycles. The standard InChI is InChI=1S/C10H12BrN/c1-9(11)7-12-8-10-5-3-2-4-6-10/h2-6,12H,1,7-8H2. The summed E-state index contributed by atoms with van der Waals surface area (Å²) in [4.78, 5) is 0. The zero-order valence-electron chi connectivity index (χ0n) is 6.89. The van der Waals surface area contributed by atoms with Crippen molar-refractivity contribution in [1.29, 1.82) is 0 Å². The highest BCUT2D eigenvalue weighted by Crippen LogP contribution is 2.00. The summed E-state index contributed by atoms with van der Waals surface area (Å²) in [5.41, 5.74) is 1.30. The summed E-state index contributed by atoms with van der Waals surface area (Å²) < 4.78 is 0.985. The van der Waals surface area contributed by atoms with Crippen molar-refractivity contribution in [3.05, 3.63) is 47.0 Å². The highest BCUT2D eigenvalue weighted by Gasteiger charge is 1.90. The molecule has 0 fully saturated rings. The van der Waals surface area contributed by atoms with E-state index in [2.05, 4.69) is 40.0 Å². The molecule has 0 atom stereocenters. The Bertz CT molecular complexity index is 243. The van der Waals surface area contributed by atoms with Gasteiger partial charge < -0.3 is 5.32 Å². The zero-order chi connectivity index (χ0) is 8.81. The molecular weight excluding hydrogens is 214 g/mol. The highest BCUT2D eigenvalue weighted by atomic mass is 79.9. The zero-order valence-corrected chi connectivity index (χ0v) is 8.47. The molecule has 0 saturated heterocycles. The predicted molar refractivity (Wildman–Crippen MR) is 56.2 cm³/mol. The lowest BCUT2D eigenvalue weighted by atomic mass is 10.2. The van der Waals surface area contributed by atoms with Crippen LogP contribution in [0.1, 0.15) is 5.56 Å². The fourth-order valence-corrected chi connectivity index (χ4v) is 1.14. The van der Waals surface area contributed by atoms with E-state index in [4.69, 9.17) is 0 Å². The lowest BCUT2D eigenvalue weighted by molar-refractivity contribution is 0.757. The van der Waals surface area contributed by atoms with Gasteiger partial charge in [-0.15, -0.1) is 0 Å². The molecule has 1 aromatic rings. The summed E-state index contributed by atoms with van der Waals surface area (Å²) in [5.74, 6) is 0. The molecule has 1 nitrogen and oxygen atoms in total. The van der Waals surface area contributed by atoms with Gasteiger partial charge in [0.05, 0.1) is 0 Å². The maximum absolute atomic E-state index is 3.74.